The number of rotatable bonds is 4. The van der Waals surface area contributed by atoms with Crippen LogP contribution in [0.5, 0.6) is 0 Å². The van der Waals surface area contributed by atoms with Gasteiger partial charge in [0.1, 0.15) is 0 Å². The van der Waals surface area contributed by atoms with Gasteiger partial charge in [-0.05, 0) is 12.3 Å². The molecule has 0 aromatic carbocycles. The van der Waals surface area contributed by atoms with Crippen molar-refractivity contribution in [3.8, 4) is 0 Å². The molecule has 16 heavy (non-hydrogen) atoms. The van der Waals surface area contributed by atoms with Gasteiger partial charge in [-0.1, -0.05) is 13.8 Å². The van der Waals surface area contributed by atoms with Crippen LogP contribution in [0.25, 0.3) is 0 Å². The minimum Gasteiger partial charge on any atom is -0.481 e. The number of aliphatic carboxylic acids is 1. The van der Waals surface area contributed by atoms with E-state index in [0.29, 0.717) is 19.0 Å². The first kappa shape index (κ1) is 13.0. The van der Waals surface area contributed by atoms with Crippen LogP contribution in [-0.4, -0.2) is 47.6 Å². The molecule has 1 saturated heterocycles. The van der Waals surface area contributed by atoms with Gasteiger partial charge in [-0.2, -0.15) is 0 Å². The molecule has 1 amide bonds. The Hall–Kier alpha value is -1.10. The fourth-order valence-electron chi connectivity index (χ4n) is 1.99. The molecule has 5 nitrogen and oxygen atoms in total. The maximum absolute atomic E-state index is 12.0. The molecular formula is C11H20N2O3. The first-order valence-corrected chi connectivity index (χ1v) is 5.78. The van der Waals surface area contributed by atoms with Crippen LogP contribution in [-0.2, 0) is 9.59 Å². The van der Waals surface area contributed by atoms with Crippen LogP contribution >= 0.6 is 0 Å². The van der Waals surface area contributed by atoms with Gasteiger partial charge in [-0.3, -0.25) is 9.59 Å². The first-order chi connectivity index (χ1) is 7.54. The summed E-state index contributed by atoms with van der Waals surface area (Å²) in [4.78, 5) is 24.5. The van der Waals surface area contributed by atoms with Crippen LogP contribution in [0.3, 0.4) is 0 Å². The summed E-state index contributed by atoms with van der Waals surface area (Å²) >= 11 is 0. The molecular weight excluding hydrogens is 208 g/mol. The number of amides is 1. The van der Waals surface area contributed by atoms with E-state index in [2.05, 4.69) is 12.2 Å². The lowest BCUT2D eigenvalue weighted by atomic mass is 10.2. The molecule has 0 saturated carbocycles. The second-order valence-corrected chi connectivity index (χ2v) is 4.45. The first-order valence-electron chi connectivity index (χ1n) is 5.78. The monoisotopic (exact) mass is 228 g/mol. The molecule has 0 aromatic rings. The maximum atomic E-state index is 12.0. The molecule has 0 aliphatic carbocycles. The molecule has 2 N–H and O–H groups in total. The van der Waals surface area contributed by atoms with Gasteiger partial charge in [0.05, 0.1) is 12.5 Å². The van der Waals surface area contributed by atoms with Crippen molar-refractivity contribution >= 4 is 11.9 Å². The average molecular weight is 228 g/mol. The maximum Gasteiger partial charge on any atom is 0.305 e. The molecule has 92 valence electrons. The summed E-state index contributed by atoms with van der Waals surface area (Å²) < 4.78 is 0. The van der Waals surface area contributed by atoms with Gasteiger partial charge < -0.3 is 15.3 Å². The zero-order valence-corrected chi connectivity index (χ0v) is 9.90. The molecule has 1 aliphatic heterocycles. The van der Waals surface area contributed by atoms with Crippen molar-refractivity contribution in [2.24, 2.45) is 5.92 Å². The van der Waals surface area contributed by atoms with Crippen LogP contribution in [0.15, 0.2) is 0 Å². The van der Waals surface area contributed by atoms with E-state index in [0.717, 1.165) is 13.0 Å². The zero-order valence-electron chi connectivity index (χ0n) is 9.90. The molecule has 2 unspecified atom stereocenters. The number of hydrogen-bond acceptors (Lipinski definition) is 3. The number of carboxylic acid groups (broad SMARTS) is 1. The second-order valence-electron chi connectivity index (χ2n) is 4.45. The topological polar surface area (TPSA) is 69.6 Å². The highest BCUT2D eigenvalue weighted by Crippen LogP contribution is 2.10. The normalized spacial score (nSPS) is 26.6. The Morgan fingerprint density at radius 1 is 1.62 bits per heavy atom. The number of carbonyl (C=O) groups is 2. The third-order valence-corrected chi connectivity index (χ3v) is 2.73. The summed E-state index contributed by atoms with van der Waals surface area (Å²) in [6.45, 7) is 6.20. The fourth-order valence-corrected chi connectivity index (χ4v) is 1.99. The lowest BCUT2D eigenvalue weighted by Gasteiger charge is -2.24. The molecule has 0 radical (unpaired) electrons. The molecule has 0 bridgehead atoms. The highest BCUT2D eigenvalue weighted by atomic mass is 16.4. The van der Waals surface area contributed by atoms with Crippen molar-refractivity contribution in [2.75, 3.05) is 19.6 Å². The number of nitrogens with zero attached hydrogens (tertiary/aromatic N) is 1. The second kappa shape index (κ2) is 5.84. The molecule has 1 heterocycles. The van der Waals surface area contributed by atoms with Gasteiger partial charge in [0.25, 0.3) is 0 Å². The molecule has 2 atom stereocenters. The molecule has 1 aliphatic rings. The van der Waals surface area contributed by atoms with E-state index in [1.165, 1.54) is 0 Å². The van der Waals surface area contributed by atoms with E-state index >= 15 is 0 Å². The van der Waals surface area contributed by atoms with Crippen molar-refractivity contribution in [1.29, 1.82) is 0 Å². The summed E-state index contributed by atoms with van der Waals surface area (Å²) in [6.07, 6.45) is 0.768. The number of nitrogens with one attached hydrogen (secondary N) is 1. The minimum absolute atomic E-state index is 0.0754. The smallest absolute Gasteiger partial charge is 0.305 e. The number of hydrogen-bond donors (Lipinski definition) is 2. The van der Waals surface area contributed by atoms with Crippen LogP contribution in [0.2, 0.25) is 0 Å². The Bertz CT molecular complexity index is 268. The summed E-state index contributed by atoms with van der Waals surface area (Å²) in [5.41, 5.74) is 0. The Morgan fingerprint density at radius 2 is 2.31 bits per heavy atom. The van der Waals surface area contributed by atoms with Crippen molar-refractivity contribution < 1.29 is 14.7 Å². The quantitative estimate of drug-likeness (QED) is 0.726. The summed E-state index contributed by atoms with van der Waals surface area (Å²) in [5, 5.41) is 11.8. The third kappa shape index (κ3) is 3.48. The largest absolute Gasteiger partial charge is 0.481 e. The van der Waals surface area contributed by atoms with Gasteiger partial charge >= 0.3 is 5.97 Å². The molecule has 0 spiro atoms. The van der Waals surface area contributed by atoms with E-state index in [1.54, 1.807) is 4.90 Å². The lowest BCUT2D eigenvalue weighted by molar-refractivity contribution is -0.142. The van der Waals surface area contributed by atoms with Gasteiger partial charge in [-0.25, -0.2) is 0 Å². The van der Waals surface area contributed by atoms with Crippen LogP contribution in [0.1, 0.15) is 26.7 Å². The SMILES string of the molecule is CCCN1CC(C)CNC(CC(=O)O)C1=O. The van der Waals surface area contributed by atoms with E-state index in [4.69, 9.17) is 5.11 Å². The molecule has 0 aromatic heterocycles. The average Bonchev–Trinajstić information content (AvgIpc) is 2.32. The minimum atomic E-state index is -0.933. The zero-order chi connectivity index (χ0) is 12.1. The Labute approximate surface area is 95.8 Å². The fraction of sp³-hybridized carbons (Fsp3) is 0.818. The van der Waals surface area contributed by atoms with E-state index < -0.39 is 12.0 Å². The van der Waals surface area contributed by atoms with Gasteiger partial charge in [0.2, 0.25) is 5.91 Å². The molecule has 1 fully saturated rings. The van der Waals surface area contributed by atoms with Crippen LogP contribution < -0.4 is 5.32 Å². The number of carboxylic acids is 1. The Balaban J connectivity index is 2.70. The van der Waals surface area contributed by atoms with E-state index in [-0.39, 0.29) is 12.3 Å². The summed E-state index contributed by atoms with van der Waals surface area (Å²) in [5.74, 6) is -0.639. The van der Waals surface area contributed by atoms with E-state index in [9.17, 15) is 9.59 Å². The van der Waals surface area contributed by atoms with Crippen molar-refractivity contribution in [3.63, 3.8) is 0 Å². The van der Waals surface area contributed by atoms with Crippen molar-refractivity contribution in [2.45, 2.75) is 32.7 Å². The lowest BCUT2D eigenvalue weighted by Crippen LogP contribution is -2.45. The predicted molar refractivity (Wildman–Crippen MR) is 60.1 cm³/mol. The van der Waals surface area contributed by atoms with Gasteiger partial charge in [0.15, 0.2) is 0 Å². The van der Waals surface area contributed by atoms with Crippen LogP contribution in [0.4, 0.5) is 0 Å². The van der Waals surface area contributed by atoms with Gasteiger partial charge in [-0.15, -0.1) is 0 Å². The number of carbonyl (C=O) groups excluding carboxylic acids is 1. The summed E-state index contributed by atoms with van der Waals surface area (Å²) in [6, 6.07) is -0.561. The van der Waals surface area contributed by atoms with E-state index in [1.807, 2.05) is 6.92 Å². The predicted octanol–water partition coefficient (Wildman–Crippen LogP) is 0.308. The molecule has 5 heteroatoms. The van der Waals surface area contributed by atoms with Crippen molar-refractivity contribution in [1.82, 2.24) is 10.2 Å². The van der Waals surface area contributed by atoms with Crippen molar-refractivity contribution in [3.05, 3.63) is 0 Å². The molecule has 1 rings (SSSR count). The highest BCUT2D eigenvalue weighted by molar-refractivity contribution is 5.86. The highest BCUT2D eigenvalue weighted by Gasteiger charge is 2.30. The summed E-state index contributed by atoms with van der Waals surface area (Å²) in [7, 11) is 0. The van der Waals surface area contributed by atoms with Crippen LogP contribution in [0, 0.1) is 5.92 Å². The van der Waals surface area contributed by atoms with Gasteiger partial charge in [0, 0.05) is 19.6 Å². The Morgan fingerprint density at radius 3 is 2.88 bits per heavy atom. The Kier molecular flexibility index (Phi) is 4.73. The standard InChI is InChI=1S/C11H20N2O3/c1-3-4-13-7-8(2)6-12-9(11(13)16)5-10(14)15/h8-9,12H,3-7H2,1-2H3,(H,14,15). The third-order valence-electron chi connectivity index (χ3n) is 2.73.